The Hall–Kier alpha value is -2.47. The van der Waals surface area contributed by atoms with Crippen LogP contribution in [0.15, 0.2) is 39.5 Å². The maximum Gasteiger partial charge on any atom is 0.257 e. The van der Waals surface area contributed by atoms with Gasteiger partial charge in [-0.3, -0.25) is 0 Å². The summed E-state index contributed by atoms with van der Waals surface area (Å²) < 4.78 is 10.4. The quantitative estimate of drug-likeness (QED) is 0.796. The molecule has 0 spiro atoms. The Morgan fingerprint density at radius 2 is 2.14 bits per heavy atom. The molecule has 112 valence electrons. The molecule has 0 amide bonds. The van der Waals surface area contributed by atoms with Gasteiger partial charge < -0.3 is 14.8 Å². The Morgan fingerprint density at radius 3 is 3.00 bits per heavy atom. The van der Waals surface area contributed by atoms with Gasteiger partial charge in [0.1, 0.15) is 5.76 Å². The molecule has 0 aliphatic heterocycles. The van der Waals surface area contributed by atoms with Crippen molar-refractivity contribution < 1.29 is 9.05 Å². The van der Waals surface area contributed by atoms with Crippen LogP contribution in [0.2, 0.25) is 0 Å². The number of nitrogens with zero attached hydrogens (tertiary/aromatic N) is 3. The highest BCUT2D eigenvalue weighted by molar-refractivity contribution is 5.56. The minimum Gasteiger partial charge on any atom is -0.361 e. The number of hydrogen-bond acceptors (Lipinski definition) is 6. The van der Waals surface area contributed by atoms with Crippen molar-refractivity contribution in [2.75, 3.05) is 0 Å². The van der Waals surface area contributed by atoms with Crippen molar-refractivity contribution in [3.63, 3.8) is 0 Å². The van der Waals surface area contributed by atoms with Crippen LogP contribution >= 0.6 is 0 Å². The van der Waals surface area contributed by atoms with Gasteiger partial charge >= 0.3 is 0 Å². The largest absolute Gasteiger partial charge is 0.361 e. The maximum absolute atomic E-state index is 6.01. The van der Waals surface area contributed by atoms with Crippen LogP contribution in [0.3, 0.4) is 0 Å². The van der Waals surface area contributed by atoms with Gasteiger partial charge in [0.05, 0.1) is 12.6 Å². The average Bonchev–Trinajstić information content (AvgIpc) is 3.19. The fraction of sp³-hybridized carbons (Fsp3) is 0.312. The van der Waals surface area contributed by atoms with Crippen LogP contribution in [0.5, 0.6) is 0 Å². The van der Waals surface area contributed by atoms with Gasteiger partial charge in [-0.2, -0.15) is 4.98 Å². The summed E-state index contributed by atoms with van der Waals surface area (Å²) in [4.78, 5) is 4.43. The van der Waals surface area contributed by atoms with E-state index in [-0.39, 0.29) is 6.04 Å². The number of fused-ring (bicyclic) bond motifs is 1. The molecule has 22 heavy (non-hydrogen) atoms. The van der Waals surface area contributed by atoms with E-state index in [0.717, 1.165) is 24.8 Å². The molecule has 1 aromatic carbocycles. The first kappa shape index (κ1) is 13.2. The molecule has 0 saturated carbocycles. The van der Waals surface area contributed by atoms with Gasteiger partial charge in [-0.1, -0.05) is 16.4 Å². The lowest BCUT2D eigenvalue weighted by atomic mass is 9.88. The van der Waals surface area contributed by atoms with Crippen LogP contribution in [-0.2, 0) is 19.3 Å². The van der Waals surface area contributed by atoms with Crippen molar-refractivity contribution in [3.8, 4) is 11.5 Å². The minimum absolute atomic E-state index is 0.273. The highest BCUT2D eigenvalue weighted by Gasteiger charge is 2.17. The molecule has 2 N–H and O–H groups in total. The zero-order valence-corrected chi connectivity index (χ0v) is 12.0. The number of aryl methyl sites for hydroxylation is 1. The smallest absolute Gasteiger partial charge is 0.257 e. The molecule has 6 heteroatoms. The predicted molar refractivity (Wildman–Crippen MR) is 79.0 cm³/mol. The Bertz CT molecular complexity index is 779. The third-order valence-corrected chi connectivity index (χ3v) is 4.01. The summed E-state index contributed by atoms with van der Waals surface area (Å²) in [5, 5.41) is 7.66. The highest BCUT2D eigenvalue weighted by atomic mass is 16.5. The van der Waals surface area contributed by atoms with Gasteiger partial charge in [0.2, 0.25) is 0 Å². The second-order valence-corrected chi connectivity index (χ2v) is 5.66. The molecule has 0 saturated heterocycles. The molecule has 1 atom stereocenters. The summed E-state index contributed by atoms with van der Waals surface area (Å²) in [7, 11) is 0. The van der Waals surface area contributed by atoms with Crippen LogP contribution in [0.25, 0.3) is 11.5 Å². The molecule has 2 aromatic heterocycles. The third kappa shape index (κ3) is 2.53. The molecule has 1 aliphatic carbocycles. The summed E-state index contributed by atoms with van der Waals surface area (Å²) >= 11 is 0. The first-order valence-electron chi connectivity index (χ1n) is 7.38. The van der Waals surface area contributed by atoms with Crippen molar-refractivity contribution in [2.24, 2.45) is 5.73 Å². The maximum atomic E-state index is 6.01. The van der Waals surface area contributed by atoms with Crippen molar-refractivity contribution in [3.05, 3.63) is 53.2 Å². The van der Waals surface area contributed by atoms with Gasteiger partial charge in [0.25, 0.3) is 5.89 Å². The van der Waals surface area contributed by atoms with E-state index in [2.05, 4.69) is 27.4 Å². The SMILES string of the molecule is NC1CCc2cc(-c3nc(Cc4ccno4)no3)ccc2C1. The third-order valence-electron chi connectivity index (χ3n) is 4.01. The molecule has 0 bridgehead atoms. The van der Waals surface area contributed by atoms with Crippen LogP contribution in [0.1, 0.15) is 29.1 Å². The van der Waals surface area contributed by atoms with Crippen molar-refractivity contribution in [1.82, 2.24) is 15.3 Å². The van der Waals surface area contributed by atoms with E-state index < -0.39 is 0 Å². The summed E-state index contributed by atoms with van der Waals surface area (Å²) in [6, 6.07) is 8.33. The molecule has 1 unspecified atom stereocenters. The van der Waals surface area contributed by atoms with E-state index in [1.54, 1.807) is 12.3 Å². The fourth-order valence-corrected chi connectivity index (χ4v) is 2.85. The lowest BCUT2D eigenvalue weighted by Crippen LogP contribution is -2.27. The van der Waals surface area contributed by atoms with Gasteiger partial charge in [-0.05, 0) is 42.5 Å². The molecular formula is C16H16N4O2. The lowest BCUT2D eigenvalue weighted by molar-refractivity contribution is 0.382. The van der Waals surface area contributed by atoms with E-state index in [1.807, 2.05) is 6.07 Å². The number of rotatable bonds is 3. The first-order valence-corrected chi connectivity index (χ1v) is 7.38. The number of hydrogen-bond donors (Lipinski definition) is 1. The van der Waals surface area contributed by atoms with E-state index in [1.165, 1.54) is 11.1 Å². The topological polar surface area (TPSA) is 91.0 Å². The second kappa shape index (κ2) is 5.38. The Kier molecular flexibility index (Phi) is 3.23. The molecule has 4 rings (SSSR count). The molecule has 1 aliphatic rings. The van der Waals surface area contributed by atoms with Crippen LogP contribution in [0.4, 0.5) is 0 Å². The molecule has 6 nitrogen and oxygen atoms in total. The average molecular weight is 296 g/mol. The molecule has 3 aromatic rings. The Labute approximate surface area is 127 Å². The van der Waals surface area contributed by atoms with Gasteiger partial charge in [-0.25, -0.2) is 0 Å². The first-order chi connectivity index (χ1) is 10.8. The van der Waals surface area contributed by atoms with Crippen molar-refractivity contribution in [2.45, 2.75) is 31.7 Å². The monoisotopic (exact) mass is 296 g/mol. The zero-order valence-electron chi connectivity index (χ0n) is 12.0. The van der Waals surface area contributed by atoms with Crippen LogP contribution in [0, 0.1) is 0 Å². The Balaban J connectivity index is 1.58. The summed E-state index contributed by atoms with van der Waals surface area (Å²) in [5.41, 5.74) is 9.61. The summed E-state index contributed by atoms with van der Waals surface area (Å²) in [6.07, 6.45) is 5.05. The molecule has 0 radical (unpaired) electrons. The van der Waals surface area contributed by atoms with Gasteiger partial charge in [0, 0.05) is 17.7 Å². The second-order valence-electron chi connectivity index (χ2n) is 5.66. The van der Waals surface area contributed by atoms with Gasteiger partial charge in [0.15, 0.2) is 5.82 Å². The summed E-state index contributed by atoms with van der Waals surface area (Å²) in [6.45, 7) is 0. The van der Waals surface area contributed by atoms with Gasteiger partial charge in [-0.15, -0.1) is 0 Å². The minimum atomic E-state index is 0.273. The number of nitrogens with two attached hydrogens (primary N) is 1. The zero-order chi connectivity index (χ0) is 14.9. The van der Waals surface area contributed by atoms with Crippen molar-refractivity contribution in [1.29, 1.82) is 0 Å². The van der Waals surface area contributed by atoms with E-state index >= 15 is 0 Å². The van der Waals surface area contributed by atoms with Crippen molar-refractivity contribution >= 4 is 0 Å². The highest BCUT2D eigenvalue weighted by Crippen LogP contribution is 2.26. The molecular weight excluding hydrogens is 280 g/mol. The predicted octanol–water partition coefficient (Wildman–Crippen LogP) is 2.13. The standard InChI is InChI=1S/C16H16N4O2/c17-13-4-3-10-7-12(2-1-11(10)8-13)16-19-15(20-22-16)9-14-5-6-18-21-14/h1-2,5-7,13H,3-4,8-9,17H2. The fourth-order valence-electron chi connectivity index (χ4n) is 2.85. The Morgan fingerprint density at radius 1 is 1.18 bits per heavy atom. The molecule has 2 heterocycles. The normalized spacial score (nSPS) is 17.4. The number of aromatic nitrogens is 3. The van der Waals surface area contributed by atoms with Crippen LogP contribution < -0.4 is 5.73 Å². The number of benzene rings is 1. The molecule has 0 fully saturated rings. The summed E-state index contributed by atoms with van der Waals surface area (Å²) in [5.74, 6) is 1.84. The van der Waals surface area contributed by atoms with E-state index in [9.17, 15) is 0 Å². The van der Waals surface area contributed by atoms with E-state index in [0.29, 0.717) is 23.9 Å². The lowest BCUT2D eigenvalue weighted by Gasteiger charge is -2.21. The van der Waals surface area contributed by atoms with Crippen LogP contribution in [-0.4, -0.2) is 21.3 Å². The van der Waals surface area contributed by atoms with E-state index in [4.69, 9.17) is 14.8 Å².